The fourth-order valence-electron chi connectivity index (χ4n) is 12.8. The summed E-state index contributed by atoms with van der Waals surface area (Å²) in [7, 11) is 4.71. The molecule has 0 aromatic carbocycles. The molecule has 392 valence electrons. The molecule has 1 saturated carbocycles. The molecule has 0 aromatic rings. The average molecular weight is 987 g/mol. The molecule has 21 nitrogen and oxygen atoms in total. The van der Waals surface area contributed by atoms with Gasteiger partial charge in [0.2, 0.25) is 5.79 Å². The molecule has 0 aromatic heterocycles. The minimum atomic E-state index is -1.60. The first kappa shape index (κ1) is 51.9. The molecule has 0 bridgehead atoms. The van der Waals surface area contributed by atoms with E-state index in [2.05, 4.69) is 13.0 Å². The first-order valence-electron chi connectivity index (χ1n) is 24.6. The molecule has 0 unspecified atom stereocenters. The zero-order valence-electron chi connectivity index (χ0n) is 40.7. The van der Waals surface area contributed by atoms with E-state index in [-0.39, 0.29) is 24.9 Å². The number of carbonyl (C=O) groups is 1. The summed E-state index contributed by atoms with van der Waals surface area (Å²) in [6.45, 7) is 8.74. The highest BCUT2D eigenvalue weighted by molar-refractivity contribution is 5.74. The van der Waals surface area contributed by atoms with E-state index in [9.17, 15) is 35.4 Å². The van der Waals surface area contributed by atoms with E-state index in [0.717, 1.165) is 5.57 Å². The number of hydrogen-bond acceptors (Lipinski definition) is 21. The molecule has 9 rings (SSSR count). The number of hydrogen-bond donors (Lipinski definition) is 6. The van der Waals surface area contributed by atoms with Crippen LogP contribution in [-0.4, -0.2) is 205 Å². The van der Waals surface area contributed by atoms with Crippen LogP contribution in [0.2, 0.25) is 0 Å². The second kappa shape index (κ2) is 20.4. The molecular formula is C48H74O21. The second-order valence-corrected chi connectivity index (χ2v) is 20.8. The summed E-state index contributed by atoms with van der Waals surface area (Å²) in [5.41, 5.74) is -0.315. The summed E-state index contributed by atoms with van der Waals surface area (Å²) in [4.78, 5) is 13.8. The Morgan fingerprint density at radius 1 is 0.725 bits per heavy atom. The van der Waals surface area contributed by atoms with Crippen molar-refractivity contribution in [2.24, 2.45) is 17.3 Å². The van der Waals surface area contributed by atoms with Crippen LogP contribution in [0.1, 0.15) is 86.0 Å². The number of aliphatic hydroxyl groups excluding tert-OH is 5. The van der Waals surface area contributed by atoms with Crippen molar-refractivity contribution in [3.05, 3.63) is 23.5 Å². The Hall–Kier alpha value is -1.97. The molecular weight excluding hydrogens is 913 g/mol. The SMILES string of the molecule is CO[C@H]1C[C@H](O[C@H]2[C@@H](OC)C[C@H](O[C@@H]3CC4=CC[C@H]5C(=O)O[C@@H]6CO[C@]7(C)OC=C(CC[C@@H]5[C@@]4(C)C[C@H]3O)[C@]67O)O[C@@H]2C)O[C@@H](C)[C@H]1O[C@H]1C[C@H](OC)[C@H](O[C@@H]2O[C@H](CO)[C@@H](O)[C@H](O)[C@H]2O)[C@@H](C)O1. The van der Waals surface area contributed by atoms with Gasteiger partial charge >= 0.3 is 5.97 Å². The highest BCUT2D eigenvalue weighted by Crippen LogP contribution is 2.58. The summed E-state index contributed by atoms with van der Waals surface area (Å²) in [5, 5.41) is 64.4. The standard InChI is InChI=1S/C48H74O21/c1-21-41(67-36-15-31(57-7)42(22(2)62-36)68-37-16-32(58-8)43(23(3)63-37)69-45-40(53)39(52)38(51)33(18-49)65-45)30(56-6)14-35(61-21)64-29-13-24-9-11-26-27(46(24,4)17-28(29)50)12-10-25-19-59-47(5)48(25,55)34(20-60-47)66-44(26)54/h9,19,21-23,26-43,45,49-53,55H,10-18,20H2,1-8H3/t21-,22+,23-,26-,27+,28-,29-,30+,31+,32+,33-,34-,35+,36+,37+,38-,39+,40-,41-,42-,43-,45+,46+,47+,48+/m1/s1. The van der Waals surface area contributed by atoms with E-state index < -0.39 is 152 Å². The predicted molar refractivity (Wildman–Crippen MR) is 233 cm³/mol. The van der Waals surface area contributed by atoms with Crippen LogP contribution in [0.3, 0.4) is 0 Å². The molecule has 0 spiro atoms. The first-order chi connectivity index (χ1) is 32.9. The quantitative estimate of drug-likeness (QED) is 0.115. The Morgan fingerprint density at radius 3 is 1.86 bits per heavy atom. The van der Waals surface area contributed by atoms with Gasteiger partial charge in [-0.3, -0.25) is 4.79 Å². The highest BCUT2D eigenvalue weighted by atomic mass is 16.8. The molecule has 6 saturated heterocycles. The van der Waals surface area contributed by atoms with Crippen LogP contribution in [0, 0.1) is 17.3 Å². The maximum atomic E-state index is 13.8. The van der Waals surface area contributed by atoms with Gasteiger partial charge < -0.3 is 97.0 Å². The molecule has 7 aliphatic heterocycles. The van der Waals surface area contributed by atoms with Gasteiger partial charge in [-0.1, -0.05) is 18.6 Å². The second-order valence-electron chi connectivity index (χ2n) is 20.8. The maximum Gasteiger partial charge on any atom is 0.310 e. The highest BCUT2D eigenvalue weighted by Gasteiger charge is 2.68. The third kappa shape index (κ3) is 9.36. The normalized spacial score (nSPS) is 52.2. The van der Waals surface area contributed by atoms with Gasteiger partial charge in [0.25, 0.3) is 0 Å². The molecule has 0 radical (unpaired) electrons. The largest absolute Gasteiger partial charge is 0.466 e. The summed E-state index contributed by atoms with van der Waals surface area (Å²) in [5.74, 6) is -2.29. The van der Waals surface area contributed by atoms with Gasteiger partial charge in [0, 0.05) is 53.1 Å². The lowest BCUT2D eigenvalue weighted by atomic mass is 9.55. The lowest BCUT2D eigenvalue weighted by molar-refractivity contribution is -0.357. The Labute approximate surface area is 402 Å². The third-order valence-corrected chi connectivity index (χ3v) is 16.9. The summed E-state index contributed by atoms with van der Waals surface area (Å²) >= 11 is 0. The van der Waals surface area contributed by atoms with Gasteiger partial charge in [-0.25, -0.2) is 0 Å². The number of rotatable bonds is 12. The van der Waals surface area contributed by atoms with E-state index in [1.807, 2.05) is 13.8 Å². The fourth-order valence-corrected chi connectivity index (χ4v) is 12.8. The van der Waals surface area contributed by atoms with Crippen molar-refractivity contribution >= 4 is 5.97 Å². The maximum absolute atomic E-state index is 13.8. The number of carbonyl (C=O) groups excluding carboxylic acids is 1. The lowest BCUT2D eigenvalue weighted by Crippen LogP contribution is -2.62. The van der Waals surface area contributed by atoms with Crippen molar-refractivity contribution in [2.45, 2.75) is 220 Å². The number of aliphatic hydroxyl groups is 6. The molecule has 7 fully saturated rings. The van der Waals surface area contributed by atoms with Crippen LogP contribution < -0.4 is 0 Å². The molecule has 21 heteroatoms. The number of fused-ring (bicyclic) bond motifs is 3. The van der Waals surface area contributed by atoms with E-state index in [1.54, 1.807) is 34.3 Å². The molecule has 6 N–H and O–H groups in total. The smallest absolute Gasteiger partial charge is 0.310 e. The number of ether oxygens (including phenoxy) is 14. The topological polar surface area (TPSA) is 268 Å². The van der Waals surface area contributed by atoms with Crippen molar-refractivity contribution in [2.75, 3.05) is 34.5 Å². The number of methoxy groups -OCH3 is 3. The molecule has 9 aliphatic rings. The molecule has 7 heterocycles. The predicted octanol–water partition coefficient (Wildman–Crippen LogP) is 0.598. The zero-order chi connectivity index (χ0) is 49.3. The monoisotopic (exact) mass is 986 g/mol. The first-order valence-corrected chi connectivity index (χ1v) is 24.6. The van der Waals surface area contributed by atoms with Crippen molar-refractivity contribution in [1.29, 1.82) is 0 Å². The van der Waals surface area contributed by atoms with E-state index in [1.165, 1.54) is 7.11 Å². The van der Waals surface area contributed by atoms with Gasteiger partial charge in [-0.05, 0) is 64.2 Å². The van der Waals surface area contributed by atoms with Gasteiger partial charge in [0.15, 0.2) is 36.9 Å². The third-order valence-electron chi connectivity index (χ3n) is 16.9. The van der Waals surface area contributed by atoms with Crippen molar-refractivity contribution in [1.82, 2.24) is 0 Å². The Morgan fingerprint density at radius 2 is 1.29 bits per heavy atom. The van der Waals surface area contributed by atoms with Crippen molar-refractivity contribution in [3.63, 3.8) is 0 Å². The van der Waals surface area contributed by atoms with Crippen LogP contribution in [0.25, 0.3) is 0 Å². The van der Waals surface area contributed by atoms with Crippen molar-refractivity contribution in [3.8, 4) is 0 Å². The van der Waals surface area contributed by atoms with Gasteiger partial charge in [-0.15, -0.1) is 0 Å². The summed E-state index contributed by atoms with van der Waals surface area (Å²) in [6.07, 6.45) is -9.81. The Bertz CT molecular complexity index is 1870. The van der Waals surface area contributed by atoms with Gasteiger partial charge in [0.1, 0.15) is 42.7 Å². The summed E-state index contributed by atoms with van der Waals surface area (Å²) in [6, 6.07) is 0. The van der Waals surface area contributed by atoms with Crippen LogP contribution in [0.15, 0.2) is 23.5 Å². The van der Waals surface area contributed by atoms with Gasteiger partial charge in [0.05, 0.1) is 74.2 Å². The van der Waals surface area contributed by atoms with Crippen LogP contribution in [0.4, 0.5) is 0 Å². The molecule has 2 aliphatic carbocycles. The summed E-state index contributed by atoms with van der Waals surface area (Å²) < 4.78 is 85.8. The van der Waals surface area contributed by atoms with Crippen molar-refractivity contribution < 1.29 is 102 Å². The minimum absolute atomic E-state index is 0.0378. The van der Waals surface area contributed by atoms with Gasteiger partial charge in [-0.2, -0.15) is 0 Å². The Balaban J connectivity index is 0.782. The lowest BCUT2D eigenvalue weighted by Gasteiger charge is -2.52. The van der Waals surface area contributed by atoms with E-state index in [0.29, 0.717) is 50.5 Å². The fraction of sp³-hybridized carbons (Fsp3) is 0.896. The van der Waals surface area contributed by atoms with Crippen LogP contribution in [0.5, 0.6) is 0 Å². The van der Waals surface area contributed by atoms with E-state index in [4.69, 9.17) is 66.3 Å². The minimum Gasteiger partial charge on any atom is -0.466 e. The number of esters is 1. The Kier molecular flexibility index (Phi) is 15.3. The van der Waals surface area contributed by atoms with E-state index >= 15 is 0 Å². The molecule has 0 amide bonds. The van der Waals surface area contributed by atoms with Crippen LogP contribution in [-0.2, 0) is 71.1 Å². The average Bonchev–Trinajstić information content (AvgIpc) is 3.73. The zero-order valence-corrected chi connectivity index (χ0v) is 40.7. The molecule has 69 heavy (non-hydrogen) atoms. The number of allylic oxidation sites excluding steroid dienone is 1. The van der Waals surface area contributed by atoms with Crippen LogP contribution >= 0.6 is 0 Å². The molecule has 25 atom stereocenters.